The number of thioether (sulfide) groups is 1. The summed E-state index contributed by atoms with van der Waals surface area (Å²) in [6.45, 7) is 7.72. The number of nitrogens with one attached hydrogen (secondary N) is 2. The Morgan fingerprint density at radius 3 is 2.50 bits per heavy atom. The zero-order valence-electron chi connectivity index (χ0n) is 14.8. The Labute approximate surface area is 170 Å². The van der Waals surface area contributed by atoms with Gasteiger partial charge in [-0.25, -0.2) is 4.98 Å². The van der Waals surface area contributed by atoms with Gasteiger partial charge in [0, 0.05) is 23.4 Å². The van der Waals surface area contributed by atoms with Crippen molar-refractivity contribution in [2.45, 2.75) is 38.8 Å². The van der Waals surface area contributed by atoms with Crippen LogP contribution in [0.15, 0.2) is 28.1 Å². The van der Waals surface area contributed by atoms with Crippen LogP contribution in [0.2, 0.25) is 0 Å². The van der Waals surface area contributed by atoms with Gasteiger partial charge < -0.3 is 10.6 Å². The minimum Gasteiger partial charge on any atom is -0.352 e. The summed E-state index contributed by atoms with van der Waals surface area (Å²) in [5, 5.41) is 7.85. The van der Waals surface area contributed by atoms with E-state index in [4.69, 9.17) is 0 Å². The number of aryl methyl sites for hydroxylation is 3. The third kappa shape index (κ3) is 5.93. The van der Waals surface area contributed by atoms with Gasteiger partial charge >= 0.3 is 0 Å². The largest absolute Gasteiger partial charge is 0.352 e. The molecule has 24 heavy (non-hydrogen) atoms. The van der Waals surface area contributed by atoms with Crippen molar-refractivity contribution in [1.29, 1.82) is 0 Å². The molecule has 0 saturated heterocycles. The molecule has 0 bridgehead atoms. The quantitative estimate of drug-likeness (QED) is 0.293. The molecule has 1 heterocycles. The first-order valence-corrected chi connectivity index (χ1v) is 9.58. The average Bonchev–Trinajstić information content (AvgIpc) is 2.86. The molecule has 1 aromatic carbocycles. The first-order chi connectivity index (χ1) is 11.0. The van der Waals surface area contributed by atoms with Crippen LogP contribution in [0.3, 0.4) is 0 Å². The van der Waals surface area contributed by atoms with E-state index in [-0.39, 0.29) is 24.0 Å². The van der Waals surface area contributed by atoms with Crippen molar-refractivity contribution in [2.75, 3.05) is 13.3 Å². The number of aliphatic imine (C=N–C) groups is 1. The summed E-state index contributed by atoms with van der Waals surface area (Å²) in [6, 6.07) is 6.55. The second-order valence-corrected chi connectivity index (χ2v) is 7.47. The van der Waals surface area contributed by atoms with Crippen LogP contribution in [-0.4, -0.2) is 24.2 Å². The zero-order valence-corrected chi connectivity index (χ0v) is 18.7. The van der Waals surface area contributed by atoms with Gasteiger partial charge in [-0.1, -0.05) is 12.1 Å². The van der Waals surface area contributed by atoms with Crippen molar-refractivity contribution in [3.8, 4) is 0 Å². The van der Waals surface area contributed by atoms with E-state index < -0.39 is 0 Å². The Morgan fingerprint density at radius 1 is 1.21 bits per heavy atom. The molecule has 4 nitrogen and oxygen atoms in total. The number of thiazole rings is 1. The average molecular weight is 476 g/mol. The number of hydrogen-bond donors (Lipinski definition) is 2. The number of rotatable bonds is 5. The Hall–Kier alpha value is -0.800. The molecular formula is C17H25IN4S2. The topological polar surface area (TPSA) is 49.3 Å². The lowest BCUT2D eigenvalue weighted by Crippen LogP contribution is -2.36. The minimum atomic E-state index is 0. The second-order valence-electron chi connectivity index (χ2n) is 5.34. The number of aromatic nitrogens is 1. The van der Waals surface area contributed by atoms with Crippen molar-refractivity contribution in [3.63, 3.8) is 0 Å². The molecule has 0 amide bonds. The molecule has 0 saturated carbocycles. The number of benzene rings is 1. The van der Waals surface area contributed by atoms with Crippen molar-refractivity contribution in [1.82, 2.24) is 15.6 Å². The Kier molecular flexibility index (Phi) is 9.07. The van der Waals surface area contributed by atoms with Gasteiger partial charge in [-0.2, -0.15) is 0 Å². The van der Waals surface area contributed by atoms with Gasteiger partial charge in [0.1, 0.15) is 0 Å². The highest BCUT2D eigenvalue weighted by molar-refractivity contribution is 14.0. The van der Waals surface area contributed by atoms with Gasteiger partial charge in [0.15, 0.2) is 5.96 Å². The maximum absolute atomic E-state index is 4.45. The molecule has 7 heteroatoms. The van der Waals surface area contributed by atoms with Crippen molar-refractivity contribution in [3.05, 3.63) is 44.9 Å². The van der Waals surface area contributed by atoms with E-state index in [9.17, 15) is 0 Å². The van der Waals surface area contributed by atoms with Gasteiger partial charge in [-0.3, -0.25) is 4.99 Å². The molecule has 0 radical (unpaired) electrons. The molecule has 0 unspecified atom stereocenters. The van der Waals surface area contributed by atoms with Crippen LogP contribution in [-0.2, 0) is 13.1 Å². The zero-order chi connectivity index (χ0) is 16.8. The monoisotopic (exact) mass is 476 g/mol. The van der Waals surface area contributed by atoms with Crippen LogP contribution >= 0.6 is 47.1 Å². The molecule has 2 aromatic rings. The number of guanidine groups is 1. The van der Waals surface area contributed by atoms with Gasteiger partial charge in [0.05, 0.1) is 17.2 Å². The molecule has 0 atom stereocenters. The third-order valence-corrected chi connectivity index (χ3v) is 5.42. The minimum absolute atomic E-state index is 0. The van der Waals surface area contributed by atoms with E-state index in [0.29, 0.717) is 0 Å². The molecule has 0 aliphatic heterocycles. The van der Waals surface area contributed by atoms with Crippen LogP contribution in [0.1, 0.15) is 26.7 Å². The molecule has 0 aliphatic rings. The van der Waals surface area contributed by atoms with E-state index in [1.165, 1.54) is 20.9 Å². The molecule has 0 aliphatic carbocycles. The molecular weight excluding hydrogens is 451 g/mol. The van der Waals surface area contributed by atoms with Crippen LogP contribution in [0.5, 0.6) is 0 Å². The summed E-state index contributed by atoms with van der Waals surface area (Å²) in [6.07, 6.45) is 2.11. The molecule has 0 spiro atoms. The van der Waals surface area contributed by atoms with Crippen molar-refractivity contribution in [2.24, 2.45) is 4.99 Å². The van der Waals surface area contributed by atoms with Crippen molar-refractivity contribution < 1.29 is 0 Å². The maximum Gasteiger partial charge on any atom is 0.191 e. The fraction of sp³-hybridized carbons (Fsp3) is 0.412. The Bertz CT molecular complexity index is 698. The highest BCUT2D eigenvalue weighted by atomic mass is 127. The van der Waals surface area contributed by atoms with E-state index in [2.05, 4.69) is 52.0 Å². The summed E-state index contributed by atoms with van der Waals surface area (Å²) in [5.74, 6) is 0.808. The fourth-order valence-corrected chi connectivity index (χ4v) is 3.88. The van der Waals surface area contributed by atoms with Gasteiger partial charge in [-0.05, 0) is 44.2 Å². The van der Waals surface area contributed by atoms with Gasteiger partial charge in [-0.15, -0.1) is 47.1 Å². The van der Waals surface area contributed by atoms with E-state index >= 15 is 0 Å². The summed E-state index contributed by atoms with van der Waals surface area (Å²) < 4.78 is 0. The van der Waals surface area contributed by atoms with Crippen LogP contribution < -0.4 is 10.6 Å². The molecule has 2 N–H and O–H groups in total. The Morgan fingerprint density at radius 2 is 1.92 bits per heavy atom. The number of hydrogen-bond acceptors (Lipinski definition) is 4. The van der Waals surface area contributed by atoms with Gasteiger partial charge in [0.25, 0.3) is 0 Å². The van der Waals surface area contributed by atoms with E-state index in [1.807, 2.05) is 13.8 Å². The first-order valence-electron chi connectivity index (χ1n) is 7.54. The molecule has 2 rings (SSSR count). The van der Waals surface area contributed by atoms with Crippen LogP contribution in [0.25, 0.3) is 0 Å². The SMILES string of the molecule is CN=C(NCc1ccc(C)cc1SC)NCc1sc(C)nc1C.I. The number of halogens is 1. The van der Waals surface area contributed by atoms with Crippen molar-refractivity contribution >= 4 is 53.0 Å². The highest BCUT2D eigenvalue weighted by Gasteiger charge is 2.07. The lowest BCUT2D eigenvalue weighted by Gasteiger charge is -2.13. The van der Waals surface area contributed by atoms with E-state index in [0.717, 1.165) is 29.8 Å². The molecule has 0 fully saturated rings. The predicted molar refractivity (Wildman–Crippen MR) is 117 cm³/mol. The van der Waals surface area contributed by atoms with Crippen LogP contribution in [0.4, 0.5) is 0 Å². The van der Waals surface area contributed by atoms with E-state index in [1.54, 1.807) is 30.1 Å². The summed E-state index contributed by atoms with van der Waals surface area (Å²) in [5.41, 5.74) is 3.67. The highest BCUT2D eigenvalue weighted by Crippen LogP contribution is 2.21. The third-order valence-electron chi connectivity index (χ3n) is 3.53. The fourth-order valence-electron chi connectivity index (χ4n) is 2.30. The normalized spacial score (nSPS) is 11.1. The predicted octanol–water partition coefficient (Wildman–Crippen LogP) is 4.27. The summed E-state index contributed by atoms with van der Waals surface area (Å²) in [7, 11) is 1.80. The standard InChI is InChI=1S/C17H24N4S2.HI/c1-11-6-7-14(15(8-11)22-5)9-19-17(18-4)20-10-16-12(2)21-13(3)23-16;/h6-8H,9-10H2,1-5H3,(H2,18,19,20);1H. The number of nitrogens with zero attached hydrogens (tertiary/aromatic N) is 2. The molecule has 1 aromatic heterocycles. The Balaban J connectivity index is 0.00000288. The smallest absolute Gasteiger partial charge is 0.191 e. The summed E-state index contributed by atoms with van der Waals surface area (Å²) in [4.78, 5) is 11.3. The maximum atomic E-state index is 4.45. The second kappa shape index (κ2) is 10.2. The first kappa shape index (κ1) is 21.2. The lowest BCUT2D eigenvalue weighted by molar-refractivity contribution is 0.803. The lowest BCUT2D eigenvalue weighted by atomic mass is 10.1. The van der Waals surface area contributed by atoms with Gasteiger partial charge in [0.2, 0.25) is 0 Å². The molecule has 132 valence electrons. The van der Waals surface area contributed by atoms with Crippen LogP contribution in [0, 0.1) is 20.8 Å². The summed E-state index contributed by atoms with van der Waals surface area (Å²) >= 11 is 3.51.